The van der Waals surface area contributed by atoms with Crippen molar-refractivity contribution in [2.75, 3.05) is 13.2 Å². The highest BCUT2D eigenvalue weighted by Gasteiger charge is 2.20. The van der Waals surface area contributed by atoms with E-state index in [-0.39, 0.29) is 12.6 Å². The predicted molar refractivity (Wildman–Crippen MR) is 27.8 cm³/mol. The Hall–Kier alpha value is -0.210. The van der Waals surface area contributed by atoms with E-state index in [1.165, 1.54) is 0 Å². The van der Waals surface area contributed by atoms with Gasteiger partial charge in [0.2, 0.25) is 0 Å². The Morgan fingerprint density at radius 2 is 2.71 bits per heavy atom. The van der Waals surface area contributed by atoms with Crippen molar-refractivity contribution >= 4 is 0 Å². The molecular weight excluding hydrogens is 90.1 g/mol. The van der Waals surface area contributed by atoms with Crippen molar-refractivity contribution in [3.8, 4) is 0 Å². The molecular formula is C5H10NO+. The molecule has 0 radical (unpaired) electrons. The average Bonchev–Trinajstić information content (AvgIpc) is 2.14. The fraction of sp³-hybridized carbons (Fsp3) is 0.800. The van der Waals surface area contributed by atoms with E-state index in [4.69, 9.17) is 5.11 Å². The highest BCUT2D eigenvalue weighted by molar-refractivity contribution is 4.88. The van der Waals surface area contributed by atoms with Crippen LogP contribution in [0.2, 0.25) is 0 Å². The van der Waals surface area contributed by atoms with E-state index in [0.717, 1.165) is 13.0 Å². The van der Waals surface area contributed by atoms with Crippen LogP contribution in [0.25, 0.3) is 0 Å². The summed E-state index contributed by atoms with van der Waals surface area (Å²) in [5, 5.41) is 11.6. The summed E-state index contributed by atoms with van der Waals surface area (Å²) >= 11 is 0. The summed E-state index contributed by atoms with van der Waals surface area (Å²) in [6, 6.07) is 0.278. The lowest BCUT2D eigenvalue weighted by Gasteiger charge is -1.92. The highest BCUT2D eigenvalue weighted by Crippen LogP contribution is 2.00. The molecule has 0 unspecified atom stereocenters. The lowest BCUT2D eigenvalue weighted by atomic mass is 10.2. The molecule has 0 spiro atoms. The molecule has 1 atom stereocenters. The molecule has 1 fully saturated rings. The minimum atomic E-state index is 0.250. The van der Waals surface area contributed by atoms with Gasteiger partial charge in [0, 0.05) is 6.54 Å². The second-order valence-electron chi connectivity index (χ2n) is 1.77. The number of aliphatic hydroxyl groups is 1. The van der Waals surface area contributed by atoms with E-state index in [9.17, 15) is 0 Å². The zero-order valence-electron chi connectivity index (χ0n) is 4.22. The Bertz CT molecular complexity index is 50.0. The van der Waals surface area contributed by atoms with E-state index < -0.39 is 0 Å². The first-order valence-electron chi connectivity index (χ1n) is 2.61. The monoisotopic (exact) mass is 100 g/mol. The van der Waals surface area contributed by atoms with Crippen LogP contribution in [-0.4, -0.2) is 24.3 Å². The molecule has 7 heavy (non-hydrogen) atoms. The van der Waals surface area contributed by atoms with Gasteiger partial charge in [0.05, 0.1) is 6.42 Å². The van der Waals surface area contributed by atoms with Crippen LogP contribution >= 0.6 is 0 Å². The third kappa shape index (κ3) is 1.08. The van der Waals surface area contributed by atoms with Crippen LogP contribution in [0.15, 0.2) is 0 Å². The third-order valence-corrected chi connectivity index (χ3v) is 1.20. The van der Waals surface area contributed by atoms with Crippen LogP contribution in [0, 0.1) is 6.42 Å². The molecule has 0 aromatic rings. The number of aliphatic hydroxyl groups excluding tert-OH is 1. The van der Waals surface area contributed by atoms with Crippen molar-refractivity contribution in [3.05, 3.63) is 6.42 Å². The molecule has 2 heteroatoms. The molecule has 2 N–H and O–H groups in total. The minimum absolute atomic E-state index is 0.250. The summed E-state index contributed by atoms with van der Waals surface area (Å²) in [5.74, 6) is 0. The second kappa shape index (κ2) is 2.19. The predicted octanol–water partition coefficient (Wildman–Crippen LogP) is -0.455. The number of hydrogen-bond donors (Lipinski definition) is 2. The van der Waals surface area contributed by atoms with Gasteiger partial charge in [0.15, 0.2) is 6.04 Å². The molecule has 1 heterocycles. The van der Waals surface area contributed by atoms with Crippen molar-refractivity contribution in [2.24, 2.45) is 0 Å². The SMILES string of the molecule is OC[C@@H]1[CH+]CCN1. The van der Waals surface area contributed by atoms with Crippen molar-refractivity contribution < 1.29 is 5.11 Å². The number of nitrogens with one attached hydrogen (secondary N) is 1. The van der Waals surface area contributed by atoms with Crippen LogP contribution in [0.4, 0.5) is 0 Å². The van der Waals surface area contributed by atoms with Gasteiger partial charge in [-0.3, -0.25) is 5.32 Å². The van der Waals surface area contributed by atoms with Gasteiger partial charge in [0.25, 0.3) is 0 Å². The molecule has 0 aromatic heterocycles. The minimum Gasteiger partial charge on any atom is -0.390 e. The summed E-state index contributed by atoms with van der Waals surface area (Å²) < 4.78 is 0. The van der Waals surface area contributed by atoms with E-state index in [2.05, 4.69) is 11.7 Å². The Balaban J connectivity index is 2.14. The smallest absolute Gasteiger partial charge is 0.172 e. The first kappa shape index (κ1) is 4.94. The van der Waals surface area contributed by atoms with Crippen LogP contribution in [0.1, 0.15) is 6.42 Å². The Morgan fingerprint density at radius 3 is 3.00 bits per heavy atom. The van der Waals surface area contributed by atoms with Crippen molar-refractivity contribution in [2.45, 2.75) is 12.5 Å². The third-order valence-electron chi connectivity index (χ3n) is 1.20. The fourth-order valence-corrected chi connectivity index (χ4v) is 0.776. The molecule has 1 aliphatic heterocycles. The van der Waals surface area contributed by atoms with Gasteiger partial charge in [-0.2, -0.15) is 0 Å². The van der Waals surface area contributed by atoms with E-state index in [1.807, 2.05) is 0 Å². The summed E-state index contributed by atoms with van der Waals surface area (Å²) in [6.45, 7) is 1.28. The van der Waals surface area contributed by atoms with E-state index in [1.54, 1.807) is 0 Å². The summed E-state index contributed by atoms with van der Waals surface area (Å²) in [4.78, 5) is 0. The zero-order valence-corrected chi connectivity index (χ0v) is 4.22. The van der Waals surface area contributed by atoms with Gasteiger partial charge in [-0.1, -0.05) is 0 Å². The van der Waals surface area contributed by atoms with Gasteiger partial charge < -0.3 is 5.11 Å². The first-order chi connectivity index (χ1) is 3.43. The molecule has 40 valence electrons. The van der Waals surface area contributed by atoms with E-state index in [0.29, 0.717) is 0 Å². The Labute approximate surface area is 43.5 Å². The average molecular weight is 100 g/mol. The molecule has 1 saturated heterocycles. The maximum absolute atomic E-state index is 8.47. The van der Waals surface area contributed by atoms with Crippen molar-refractivity contribution in [1.29, 1.82) is 0 Å². The highest BCUT2D eigenvalue weighted by atomic mass is 16.3. The normalized spacial score (nSPS) is 30.1. The second-order valence-corrected chi connectivity index (χ2v) is 1.77. The molecule has 0 aromatic carbocycles. The van der Waals surface area contributed by atoms with Crippen LogP contribution in [0.5, 0.6) is 0 Å². The van der Waals surface area contributed by atoms with Gasteiger partial charge in [-0.05, 0) is 0 Å². The van der Waals surface area contributed by atoms with Crippen molar-refractivity contribution in [3.63, 3.8) is 0 Å². The first-order valence-corrected chi connectivity index (χ1v) is 2.61. The standard InChI is InChI=1S/C5H10NO/c7-4-5-2-1-3-6-5/h2,5-7H,1,3-4H2/q+1/t5-/m0/s1. The fourth-order valence-electron chi connectivity index (χ4n) is 0.776. The van der Waals surface area contributed by atoms with Gasteiger partial charge >= 0.3 is 0 Å². The molecule has 1 rings (SSSR count). The zero-order chi connectivity index (χ0) is 5.11. The van der Waals surface area contributed by atoms with Crippen molar-refractivity contribution in [1.82, 2.24) is 5.32 Å². The maximum Gasteiger partial charge on any atom is 0.172 e. The lowest BCUT2D eigenvalue weighted by molar-refractivity contribution is 0.268. The van der Waals surface area contributed by atoms with Gasteiger partial charge in [-0.15, -0.1) is 0 Å². The maximum atomic E-state index is 8.47. The largest absolute Gasteiger partial charge is 0.390 e. The topological polar surface area (TPSA) is 32.3 Å². The molecule has 0 saturated carbocycles. The number of hydrogen-bond acceptors (Lipinski definition) is 2. The Morgan fingerprint density at radius 1 is 1.86 bits per heavy atom. The van der Waals surface area contributed by atoms with Crippen LogP contribution in [-0.2, 0) is 0 Å². The lowest BCUT2D eigenvalue weighted by Crippen LogP contribution is -2.24. The van der Waals surface area contributed by atoms with Gasteiger partial charge in [0.1, 0.15) is 13.0 Å². The molecule has 0 amide bonds. The van der Waals surface area contributed by atoms with Crippen LogP contribution < -0.4 is 5.32 Å². The van der Waals surface area contributed by atoms with E-state index >= 15 is 0 Å². The summed E-state index contributed by atoms with van der Waals surface area (Å²) in [6.07, 6.45) is 3.20. The molecule has 1 aliphatic rings. The van der Waals surface area contributed by atoms with Crippen LogP contribution in [0.3, 0.4) is 0 Å². The number of rotatable bonds is 1. The Kier molecular flexibility index (Phi) is 1.54. The summed E-state index contributed by atoms with van der Waals surface area (Å²) in [5.41, 5.74) is 0. The molecule has 0 aliphatic carbocycles. The molecule has 0 bridgehead atoms. The molecule has 2 nitrogen and oxygen atoms in total. The quantitative estimate of drug-likeness (QED) is 0.437. The van der Waals surface area contributed by atoms with Gasteiger partial charge in [-0.25, -0.2) is 0 Å². The summed E-state index contributed by atoms with van der Waals surface area (Å²) in [7, 11) is 0.